The van der Waals surface area contributed by atoms with Crippen molar-refractivity contribution in [1.82, 2.24) is 5.43 Å². The van der Waals surface area contributed by atoms with E-state index in [1.807, 2.05) is 12.1 Å². The van der Waals surface area contributed by atoms with Crippen LogP contribution >= 0.6 is 27.3 Å². The fourth-order valence-electron chi connectivity index (χ4n) is 0.959. The van der Waals surface area contributed by atoms with Gasteiger partial charge >= 0.3 is 0 Å². The van der Waals surface area contributed by atoms with E-state index < -0.39 is 0 Å². The number of rotatable bonds is 5. The quantitative estimate of drug-likeness (QED) is 0.656. The van der Waals surface area contributed by atoms with Crippen LogP contribution in [0.4, 0.5) is 0 Å². The Hall–Kier alpha value is -0.680. The first kappa shape index (κ1) is 12.4. The molecular weight excluding hydrogens is 276 g/mol. The number of nitrogens with zero attached hydrogens (tertiary/aromatic N) is 1. The molecule has 0 spiro atoms. The minimum absolute atomic E-state index is 0.0243. The molecule has 1 rings (SSSR count). The van der Waals surface area contributed by atoms with Crippen molar-refractivity contribution in [3.05, 3.63) is 20.8 Å². The summed E-state index contributed by atoms with van der Waals surface area (Å²) in [5, 5.41) is 3.87. The molecule has 1 amide bonds. The predicted octanol–water partition coefficient (Wildman–Crippen LogP) is 3.15. The largest absolute Gasteiger partial charge is 0.273 e. The number of thiophene rings is 1. The zero-order valence-electron chi connectivity index (χ0n) is 8.50. The lowest BCUT2D eigenvalue weighted by molar-refractivity contribution is -0.121. The molecule has 0 atom stereocenters. The maximum Gasteiger partial charge on any atom is 0.240 e. The molecule has 0 aliphatic carbocycles. The molecule has 1 aromatic heterocycles. The molecule has 0 saturated heterocycles. The molecule has 0 aromatic carbocycles. The highest BCUT2D eigenvalue weighted by atomic mass is 79.9. The van der Waals surface area contributed by atoms with Crippen LogP contribution in [0.5, 0.6) is 0 Å². The molecule has 0 radical (unpaired) electrons. The van der Waals surface area contributed by atoms with Crippen molar-refractivity contribution < 1.29 is 4.79 Å². The topological polar surface area (TPSA) is 41.5 Å². The van der Waals surface area contributed by atoms with E-state index in [9.17, 15) is 4.79 Å². The van der Waals surface area contributed by atoms with Crippen LogP contribution < -0.4 is 5.43 Å². The number of unbranched alkanes of at least 4 members (excludes halogenated alkanes) is 1. The predicted molar refractivity (Wildman–Crippen MR) is 67.3 cm³/mol. The summed E-state index contributed by atoms with van der Waals surface area (Å²) in [6.07, 6.45) is 4.13. The zero-order chi connectivity index (χ0) is 11.1. The number of hydrogen-bond donors (Lipinski definition) is 1. The average Bonchev–Trinajstić information content (AvgIpc) is 2.61. The van der Waals surface area contributed by atoms with Crippen LogP contribution in [0.2, 0.25) is 0 Å². The lowest BCUT2D eigenvalue weighted by Gasteiger charge is -1.96. The van der Waals surface area contributed by atoms with Crippen LogP contribution in [0.25, 0.3) is 0 Å². The lowest BCUT2D eigenvalue weighted by atomic mass is 10.2. The van der Waals surface area contributed by atoms with Gasteiger partial charge in [-0.1, -0.05) is 13.3 Å². The zero-order valence-corrected chi connectivity index (χ0v) is 10.9. The highest BCUT2D eigenvalue weighted by Gasteiger charge is 1.97. The second-order valence-corrected chi connectivity index (χ2v) is 5.53. The summed E-state index contributed by atoms with van der Waals surface area (Å²) in [5.41, 5.74) is 2.50. The highest BCUT2D eigenvalue weighted by Crippen LogP contribution is 2.20. The van der Waals surface area contributed by atoms with Gasteiger partial charge in [0.15, 0.2) is 0 Å². The van der Waals surface area contributed by atoms with Crippen LogP contribution in [-0.4, -0.2) is 12.1 Å². The molecule has 1 aromatic rings. The van der Waals surface area contributed by atoms with Gasteiger partial charge < -0.3 is 0 Å². The molecule has 15 heavy (non-hydrogen) atoms. The van der Waals surface area contributed by atoms with Crippen molar-refractivity contribution >= 4 is 39.4 Å². The van der Waals surface area contributed by atoms with Crippen LogP contribution in [0, 0.1) is 0 Å². The fourth-order valence-corrected chi connectivity index (χ4v) is 2.25. The van der Waals surface area contributed by atoms with Gasteiger partial charge in [0.05, 0.1) is 10.0 Å². The summed E-state index contributed by atoms with van der Waals surface area (Å²) < 4.78 is 1.06. The summed E-state index contributed by atoms with van der Waals surface area (Å²) in [5.74, 6) is -0.0243. The number of nitrogens with one attached hydrogen (secondary N) is 1. The van der Waals surface area contributed by atoms with Crippen molar-refractivity contribution in [2.75, 3.05) is 0 Å². The summed E-state index contributed by atoms with van der Waals surface area (Å²) in [6.45, 7) is 2.06. The minimum Gasteiger partial charge on any atom is -0.273 e. The van der Waals surface area contributed by atoms with Gasteiger partial charge in [0.2, 0.25) is 5.91 Å². The van der Waals surface area contributed by atoms with Crippen LogP contribution in [-0.2, 0) is 4.79 Å². The molecule has 0 aliphatic rings. The number of hydrazone groups is 1. The number of hydrogen-bond acceptors (Lipinski definition) is 3. The van der Waals surface area contributed by atoms with Crippen LogP contribution in [0.3, 0.4) is 0 Å². The second kappa shape index (κ2) is 6.74. The molecule has 0 aliphatic heterocycles. The third kappa shape index (κ3) is 5.09. The molecule has 0 unspecified atom stereocenters. The van der Waals surface area contributed by atoms with Crippen molar-refractivity contribution in [2.45, 2.75) is 26.2 Å². The van der Waals surface area contributed by atoms with E-state index in [-0.39, 0.29) is 5.91 Å². The van der Waals surface area contributed by atoms with E-state index in [4.69, 9.17) is 0 Å². The van der Waals surface area contributed by atoms with Gasteiger partial charge in [-0.15, -0.1) is 11.3 Å². The normalized spacial score (nSPS) is 10.8. The molecule has 3 nitrogen and oxygen atoms in total. The monoisotopic (exact) mass is 288 g/mol. The molecule has 5 heteroatoms. The average molecular weight is 289 g/mol. The summed E-state index contributed by atoms with van der Waals surface area (Å²) in [6, 6.07) is 3.89. The molecule has 0 fully saturated rings. The number of halogens is 1. The van der Waals surface area contributed by atoms with Gasteiger partial charge in [-0.2, -0.15) is 5.10 Å². The third-order valence-corrected chi connectivity index (χ3v) is 3.29. The minimum atomic E-state index is -0.0243. The van der Waals surface area contributed by atoms with Gasteiger partial charge in [0.25, 0.3) is 0 Å². The Morgan fingerprint density at radius 2 is 2.47 bits per heavy atom. The maximum atomic E-state index is 11.2. The highest BCUT2D eigenvalue weighted by molar-refractivity contribution is 9.11. The Bertz CT molecular complexity index is 349. The lowest BCUT2D eigenvalue weighted by Crippen LogP contribution is -2.16. The molecule has 0 saturated carbocycles. The Morgan fingerprint density at radius 3 is 3.07 bits per heavy atom. The third-order valence-electron chi connectivity index (χ3n) is 1.73. The van der Waals surface area contributed by atoms with E-state index in [0.717, 1.165) is 21.5 Å². The fraction of sp³-hybridized carbons (Fsp3) is 0.400. The SMILES string of the molecule is CCCCC(=O)N/N=C/c1ccc(Br)s1. The molecule has 1 N–H and O–H groups in total. The standard InChI is InChI=1S/C10H13BrN2OS/c1-2-3-4-10(14)13-12-7-8-5-6-9(11)15-8/h5-7H,2-4H2,1H3,(H,13,14)/b12-7+. The van der Waals surface area contributed by atoms with E-state index >= 15 is 0 Å². The van der Waals surface area contributed by atoms with Crippen molar-refractivity contribution in [3.8, 4) is 0 Å². The maximum absolute atomic E-state index is 11.2. The Balaban J connectivity index is 2.30. The van der Waals surface area contributed by atoms with E-state index in [1.54, 1.807) is 17.6 Å². The van der Waals surface area contributed by atoms with Crippen molar-refractivity contribution in [3.63, 3.8) is 0 Å². The Morgan fingerprint density at radius 1 is 1.67 bits per heavy atom. The van der Waals surface area contributed by atoms with Gasteiger partial charge in [0.1, 0.15) is 0 Å². The van der Waals surface area contributed by atoms with Crippen molar-refractivity contribution in [1.29, 1.82) is 0 Å². The van der Waals surface area contributed by atoms with E-state index in [2.05, 4.69) is 33.4 Å². The van der Waals surface area contributed by atoms with Crippen LogP contribution in [0.15, 0.2) is 21.0 Å². The number of amides is 1. The van der Waals surface area contributed by atoms with Crippen molar-refractivity contribution in [2.24, 2.45) is 5.10 Å². The second-order valence-electron chi connectivity index (χ2n) is 3.04. The first-order chi connectivity index (χ1) is 7.22. The Labute approximate surface area is 102 Å². The Kier molecular flexibility index (Phi) is 5.57. The molecule has 1 heterocycles. The molecular formula is C10H13BrN2OS. The van der Waals surface area contributed by atoms with Gasteiger partial charge in [-0.05, 0) is 34.5 Å². The summed E-state index contributed by atoms with van der Waals surface area (Å²) in [7, 11) is 0. The van der Waals surface area contributed by atoms with Crippen LogP contribution in [0.1, 0.15) is 31.1 Å². The molecule has 0 bridgehead atoms. The van der Waals surface area contributed by atoms with Gasteiger partial charge in [0, 0.05) is 11.3 Å². The molecule has 82 valence electrons. The van der Waals surface area contributed by atoms with Gasteiger partial charge in [-0.3, -0.25) is 4.79 Å². The number of carbonyl (C=O) groups excluding carboxylic acids is 1. The first-order valence-electron chi connectivity index (χ1n) is 4.79. The first-order valence-corrected chi connectivity index (χ1v) is 6.40. The summed E-state index contributed by atoms with van der Waals surface area (Å²) >= 11 is 4.93. The summed E-state index contributed by atoms with van der Waals surface area (Å²) in [4.78, 5) is 12.2. The smallest absolute Gasteiger partial charge is 0.240 e. The number of carbonyl (C=O) groups is 1. The van der Waals surface area contributed by atoms with E-state index in [1.165, 1.54) is 0 Å². The van der Waals surface area contributed by atoms with Gasteiger partial charge in [-0.25, -0.2) is 5.43 Å². The van der Waals surface area contributed by atoms with E-state index in [0.29, 0.717) is 6.42 Å².